The topological polar surface area (TPSA) is 69.6 Å². The lowest BCUT2D eigenvalue weighted by molar-refractivity contribution is -0.141. The molecule has 0 saturated carbocycles. The van der Waals surface area contributed by atoms with Crippen LogP contribution in [0.1, 0.15) is 33.1 Å². The fourth-order valence-corrected chi connectivity index (χ4v) is 4.81. The summed E-state index contributed by atoms with van der Waals surface area (Å²) in [6.45, 7) is 8.06. The van der Waals surface area contributed by atoms with Crippen LogP contribution in [-0.2, 0) is 4.79 Å². The minimum Gasteiger partial charge on any atom is -0.481 e. The van der Waals surface area contributed by atoms with Gasteiger partial charge in [0.05, 0.1) is 16.8 Å². The first kappa shape index (κ1) is 18.0. The summed E-state index contributed by atoms with van der Waals surface area (Å²) in [5, 5.41) is 10.5. The number of rotatable bonds is 3. The number of hydrogen-bond acceptors (Lipinski definition) is 5. The van der Waals surface area contributed by atoms with Gasteiger partial charge in [0.2, 0.25) is 0 Å². The number of fused-ring (bicyclic) bond motifs is 1. The fourth-order valence-electron chi connectivity index (χ4n) is 4.81. The molecule has 3 unspecified atom stereocenters. The highest BCUT2D eigenvalue weighted by Gasteiger charge is 2.29. The van der Waals surface area contributed by atoms with Gasteiger partial charge in [0.1, 0.15) is 12.1 Å². The summed E-state index contributed by atoms with van der Waals surface area (Å²) in [5.74, 6) is 1.15. The van der Waals surface area contributed by atoms with Crippen LogP contribution >= 0.6 is 0 Å². The van der Waals surface area contributed by atoms with Crippen molar-refractivity contribution in [1.29, 1.82) is 0 Å². The Labute approximate surface area is 160 Å². The van der Waals surface area contributed by atoms with Crippen LogP contribution in [-0.4, -0.2) is 47.2 Å². The molecule has 27 heavy (non-hydrogen) atoms. The van der Waals surface area contributed by atoms with Crippen LogP contribution in [0.4, 0.5) is 11.5 Å². The van der Waals surface area contributed by atoms with Crippen molar-refractivity contribution in [1.82, 2.24) is 9.97 Å². The average molecular weight is 368 g/mol. The molecule has 0 radical (unpaired) electrons. The minimum atomic E-state index is -0.711. The SMILES string of the molecule is CC1CC(C)CN(c2cccc3ncnc(N4CCCC(C(=O)O)C4)c23)C1. The molecule has 0 aliphatic carbocycles. The molecule has 2 aromatic rings. The van der Waals surface area contributed by atoms with Crippen LogP contribution in [0.5, 0.6) is 0 Å². The Morgan fingerprint density at radius 2 is 1.89 bits per heavy atom. The standard InChI is InChI=1S/C21H28N4O2/c1-14-9-15(2)11-25(10-14)18-7-3-6-17-19(18)20(23-13-22-17)24-8-4-5-16(12-24)21(26)27/h3,6-7,13-16H,4-5,8-12H2,1-2H3,(H,26,27). The van der Waals surface area contributed by atoms with Crippen molar-refractivity contribution in [3.63, 3.8) is 0 Å². The predicted octanol–water partition coefficient (Wildman–Crippen LogP) is 3.41. The summed E-state index contributed by atoms with van der Waals surface area (Å²) in [5.41, 5.74) is 2.11. The number of nitrogens with zero attached hydrogens (tertiary/aromatic N) is 4. The van der Waals surface area contributed by atoms with Crippen LogP contribution in [0.15, 0.2) is 24.5 Å². The van der Waals surface area contributed by atoms with E-state index in [2.05, 4.69) is 45.7 Å². The van der Waals surface area contributed by atoms with Gasteiger partial charge < -0.3 is 14.9 Å². The average Bonchev–Trinajstić information content (AvgIpc) is 2.66. The first-order chi connectivity index (χ1) is 13.0. The molecule has 2 saturated heterocycles. The van der Waals surface area contributed by atoms with E-state index in [1.807, 2.05) is 6.07 Å². The van der Waals surface area contributed by atoms with Gasteiger partial charge in [-0.05, 0) is 43.2 Å². The molecule has 4 rings (SSSR count). The lowest BCUT2D eigenvalue weighted by Crippen LogP contribution is -2.40. The summed E-state index contributed by atoms with van der Waals surface area (Å²) < 4.78 is 0. The number of aromatic nitrogens is 2. The molecule has 6 heteroatoms. The number of hydrogen-bond donors (Lipinski definition) is 1. The van der Waals surface area contributed by atoms with Crippen molar-refractivity contribution in [2.45, 2.75) is 33.1 Å². The lowest BCUT2D eigenvalue weighted by Gasteiger charge is -2.38. The first-order valence-corrected chi connectivity index (χ1v) is 9.99. The van der Waals surface area contributed by atoms with E-state index < -0.39 is 5.97 Å². The van der Waals surface area contributed by atoms with E-state index in [9.17, 15) is 9.90 Å². The number of carboxylic acids is 1. The molecule has 6 nitrogen and oxygen atoms in total. The third kappa shape index (κ3) is 3.57. The monoisotopic (exact) mass is 368 g/mol. The molecule has 0 amide bonds. The van der Waals surface area contributed by atoms with Crippen molar-refractivity contribution < 1.29 is 9.90 Å². The van der Waals surface area contributed by atoms with Gasteiger partial charge in [-0.2, -0.15) is 0 Å². The molecule has 1 N–H and O–H groups in total. The molecular weight excluding hydrogens is 340 g/mol. The van der Waals surface area contributed by atoms with E-state index in [0.717, 1.165) is 49.2 Å². The zero-order valence-corrected chi connectivity index (χ0v) is 16.1. The third-order valence-electron chi connectivity index (χ3n) is 5.90. The predicted molar refractivity (Wildman–Crippen MR) is 107 cm³/mol. The highest BCUT2D eigenvalue weighted by molar-refractivity contribution is 6.00. The van der Waals surface area contributed by atoms with Crippen LogP contribution in [0, 0.1) is 17.8 Å². The quantitative estimate of drug-likeness (QED) is 0.895. The Morgan fingerprint density at radius 1 is 1.11 bits per heavy atom. The molecule has 144 valence electrons. The Balaban J connectivity index is 1.77. The highest BCUT2D eigenvalue weighted by atomic mass is 16.4. The van der Waals surface area contributed by atoms with Gasteiger partial charge in [0, 0.05) is 31.9 Å². The van der Waals surface area contributed by atoms with Crippen LogP contribution in [0.2, 0.25) is 0 Å². The van der Waals surface area contributed by atoms with Gasteiger partial charge in [0.25, 0.3) is 0 Å². The maximum Gasteiger partial charge on any atom is 0.308 e. The van der Waals surface area contributed by atoms with Gasteiger partial charge in [-0.15, -0.1) is 0 Å². The number of piperidine rings is 2. The van der Waals surface area contributed by atoms with E-state index in [1.54, 1.807) is 6.33 Å². The maximum absolute atomic E-state index is 11.5. The summed E-state index contributed by atoms with van der Waals surface area (Å²) in [6, 6.07) is 6.26. The van der Waals surface area contributed by atoms with Crippen molar-refractivity contribution in [3.8, 4) is 0 Å². The summed E-state index contributed by atoms with van der Waals surface area (Å²) in [4.78, 5) is 25.2. The van der Waals surface area contributed by atoms with Crippen LogP contribution < -0.4 is 9.80 Å². The second-order valence-corrected chi connectivity index (χ2v) is 8.34. The van der Waals surface area contributed by atoms with Crippen LogP contribution in [0.3, 0.4) is 0 Å². The van der Waals surface area contributed by atoms with Gasteiger partial charge >= 0.3 is 5.97 Å². The number of aliphatic carboxylic acids is 1. The van der Waals surface area contributed by atoms with E-state index in [4.69, 9.17) is 0 Å². The molecule has 3 atom stereocenters. The molecule has 3 heterocycles. The molecule has 2 aliphatic heterocycles. The van der Waals surface area contributed by atoms with Gasteiger partial charge in [-0.1, -0.05) is 19.9 Å². The van der Waals surface area contributed by atoms with Crippen molar-refractivity contribution in [2.75, 3.05) is 36.0 Å². The van der Waals surface area contributed by atoms with Gasteiger partial charge in [-0.25, -0.2) is 9.97 Å². The molecule has 0 spiro atoms. The van der Waals surface area contributed by atoms with E-state index in [-0.39, 0.29) is 5.92 Å². The number of anilines is 2. The number of carboxylic acid groups (broad SMARTS) is 1. The Bertz CT molecular complexity index is 825. The zero-order valence-electron chi connectivity index (χ0n) is 16.1. The van der Waals surface area contributed by atoms with Crippen molar-refractivity contribution in [2.24, 2.45) is 17.8 Å². The fraction of sp³-hybridized carbons (Fsp3) is 0.571. The lowest BCUT2D eigenvalue weighted by atomic mass is 9.91. The molecular formula is C21H28N4O2. The summed E-state index contributed by atoms with van der Waals surface area (Å²) >= 11 is 0. The Kier molecular flexibility index (Phi) is 4.89. The Hall–Kier alpha value is -2.37. The van der Waals surface area contributed by atoms with E-state index in [1.165, 1.54) is 12.1 Å². The molecule has 1 aromatic carbocycles. The highest BCUT2D eigenvalue weighted by Crippen LogP contribution is 2.37. The largest absolute Gasteiger partial charge is 0.481 e. The van der Waals surface area contributed by atoms with Crippen LogP contribution in [0.25, 0.3) is 10.9 Å². The first-order valence-electron chi connectivity index (χ1n) is 9.99. The van der Waals surface area contributed by atoms with E-state index in [0.29, 0.717) is 18.4 Å². The number of carbonyl (C=O) groups is 1. The van der Waals surface area contributed by atoms with Gasteiger partial charge in [0.15, 0.2) is 0 Å². The zero-order chi connectivity index (χ0) is 19.0. The molecule has 0 bridgehead atoms. The van der Waals surface area contributed by atoms with Gasteiger partial charge in [-0.3, -0.25) is 4.79 Å². The summed E-state index contributed by atoms with van der Waals surface area (Å²) in [6.07, 6.45) is 4.48. The third-order valence-corrected chi connectivity index (χ3v) is 5.90. The summed E-state index contributed by atoms with van der Waals surface area (Å²) in [7, 11) is 0. The smallest absolute Gasteiger partial charge is 0.308 e. The second-order valence-electron chi connectivity index (χ2n) is 8.34. The Morgan fingerprint density at radius 3 is 2.63 bits per heavy atom. The minimum absolute atomic E-state index is 0.328. The van der Waals surface area contributed by atoms with Crippen molar-refractivity contribution in [3.05, 3.63) is 24.5 Å². The normalized spacial score (nSPS) is 26.4. The number of benzene rings is 1. The molecule has 2 fully saturated rings. The van der Waals surface area contributed by atoms with E-state index >= 15 is 0 Å². The molecule has 2 aliphatic rings. The second kappa shape index (κ2) is 7.33. The maximum atomic E-state index is 11.5. The molecule has 1 aromatic heterocycles. The van der Waals surface area contributed by atoms with Crippen molar-refractivity contribution >= 4 is 28.4 Å².